The highest BCUT2D eigenvalue weighted by molar-refractivity contribution is 6.11. The normalized spacial score (nSPS) is 19.1. The van der Waals surface area contributed by atoms with Crippen LogP contribution >= 0.6 is 0 Å². The molecule has 184 valence electrons. The van der Waals surface area contributed by atoms with Crippen LogP contribution in [-0.4, -0.2) is 39.9 Å². The maximum absolute atomic E-state index is 13.6. The maximum Gasteiger partial charge on any atom is 0.259 e. The van der Waals surface area contributed by atoms with Crippen molar-refractivity contribution in [1.82, 2.24) is 14.9 Å². The molecule has 0 saturated heterocycles. The molecule has 6 rings (SSSR count). The van der Waals surface area contributed by atoms with Gasteiger partial charge in [0.05, 0.1) is 31.5 Å². The molecular weight excluding hydrogens is 456 g/mol. The summed E-state index contributed by atoms with van der Waals surface area (Å²) in [6, 6.07) is 9.05. The van der Waals surface area contributed by atoms with Crippen LogP contribution in [0, 0.1) is 0 Å². The number of hydrogen-bond acceptors (Lipinski definition) is 6. The van der Waals surface area contributed by atoms with E-state index in [-0.39, 0.29) is 24.0 Å². The van der Waals surface area contributed by atoms with E-state index in [0.717, 1.165) is 29.7 Å². The van der Waals surface area contributed by atoms with Crippen LogP contribution in [0.2, 0.25) is 0 Å². The highest BCUT2D eigenvalue weighted by atomic mass is 16.5. The lowest BCUT2D eigenvalue weighted by molar-refractivity contribution is 0.0764. The van der Waals surface area contributed by atoms with Gasteiger partial charge >= 0.3 is 0 Å². The van der Waals surface area contributed by atoms with E-state index in [0.29, 0.717) is 41.4 Å². The minimum atomic E-state index is -0.175. The molecule has 8 heteroatoms. The second kappa shape index (κ2) is 8.93. The first kappa shape index (κ1) is 22.5. The highest BCUT2D eigenvalue weighted by Crippen LogP contribution is 2.41. The number of fused-ring (bicyclic) bond motifs is 2. The maximum atomic E-state index is 13.6. The second-order valence-electron chi connectivity index (χ2n) is 9.67. The first-order valence-corrected chi connectivity index (χ1v) is 12.4. The van der Waals surface area contributed by atoms with E-state index in [4.69, 9.17) is 9.47 Å². The quantitative estimate of drug-likeness (QED) is 0.505. The number of ether oxygens (including phenoxy) is 2. The van der Waals surface area contributed by atoms with Gasteiger partial charge < -0.3 is 19.3 Å². The number of anilines is 1. The van der Waals surface area contributed by atoms with Crippen LogP contribution in [-0.2, 0) is 13.1 Å². The van der Waals surface area contributed by atoms with Crippen LogP contribution in [0.3, 0.4) is 0 Å². The van der Waals surface area contributed by atoms with Gasteiger partial charge in [0, 0.05) is 59.1 Å². The third kappa shape index (κ3) is 3.77. The zero-order valence-electron chi connectivity index (χ0n) is 20.4. The lowest BCUT2D eigenvalue weighted by atomic mass is 10.1. The van der Waals surface area contributed by atoms with Gasteiger partial charge in [0.2, 0.25) is 0 Å². The minimum absolute atomic E-state index is 0.0379. The molecule has 1 saturated carbocycles. The number of carbonyl (C=O) groups is 2. The fourth-order valence-electron chi connectivity index (χ4n) is 5.53. The van der Waals surface area contributed by atoms with Crippen molar-refractivity contribution >= 4 is 17.5 Å². The molecule has 1 fully saturated rings. The summed E-state index contributed by atoms with van der Waals surface area (Å²) in [5, 5.41) is 0. The van der Waals surface area contributed by atoms with Gasteiger partial charge in [-0.15, -0.1) is 0 Å². The minimum Gasteiger partial charge on any atom is -0.493 e. The third-order valence-corrected chi connectivity index (χ3v) is 7.43. The van der Waals surface area contributed by atoms with Gasteiger partial charge in [-0.2, -0.15) is 0 Å². The van der Waals surface area contributed by atoms with Crippen molar-refractivity contribution in [1.29, 1.82) is 0 Å². The average molecular weight is 485 g/mol. The van der Waals surface area contributed by atoms with Crippen molar-refractivity contribution in [2.24, 2.45) is 0 Å². The predicted octanol–water partition coefficient (Wildman–Crippen LogP) is 4.68. The Balaban J connectivity index is 1.25. The van der Waals surface area contributed by atoms with Crippen molar-refractivity contribution in [2.75, 3.05) is 12.0 Å². The molecule has 0 radical (unpaired) electrons. The first-order valence-electron chi connectivity index (χ1n) is 12.4. The van der Waals surface area contributed by atoms with E-state index in [1.807, 2.05) is 31.2 Å². The molecule has 3 aromatic rings. The number of methoxy groups -OCH3 is 1. The Kier molecular flexibility index (Phi) is 5.59. The fourth-order valence-corrected chi connectivity index (χ4v) is 5.53. The Hall–Kier alpha value is -3.94. The van der Waals surface area contributed by atoms with Crippen molar-refractivity contribution in [3.8, 4) is 11.5 Å². The Morgan fingerprint density at radius 3 is 2.61 bits per heavy atom. The van der Waals surface area contributed by atoms with Crippen LogP contribution in [0.5, 0.6) is 11.5 Å². The molecule has 2 aromatic heterocycles. The molecule has 0 bridgehead atoms. The van der Waals surface area contributed by atoms with Gasteiger partial charge in [0.25, 0.3) is 11.8 Å². The first-order chi connectivity index (χ1) is 17.5. The molecule has 8 nitrogen and oxygen atoms in total. The Bertz CT molecular complexity index is 1350. The molecule has 0 N–H and O–H groups in total. The topological polar surface area (TPSA) is 84.9 Å². The van der Waals surface area contributed by atoms with Crippen LogP contribution in [0.25, 0.3) is 0 Å². The summed E-state index contributed by atoms with van der Waals surface area (Å²) >= 11 is 0. The van der Waals surface area contributed by atoms with E-state index in [9.17, 15) is 9.59 Å². The molecule has 1 aliphatic carbocycles. The summed E-state index contributed by atoms with van der Waals surface area (Å²) in [5.74, 6) is 1.21. The van der Waals surface area contributed by atoms with Crippen molar-refractivity contribution < 1.29 is 19.1 Å². The van der Waals surface area contributed by atoms with Gasteiger partial charge in [0.15, 0.2) is 11.5 Å². The lowest BCUT2D eigenvalue weighted by Crippen LogP contribution is -2.26. The molecule has 3 aliphatic rings. The predicted molar refractivity (Wildman–Crippen MR) is 133 cm³/mol. The fraction of sp³-hybridized carbons (Fsp3) is 0.357. The average Bonchev–Trinajstić information content (AvgIpc) is 3.58. The number of hydrogen-bond donors (Lipinski definition) is 0. The Labute approximate surface area is 209 Å². The van der Waals surface area contributed by atoms with Crippen LogP contribution in [0.4, 0.5) is 5.69 Å². The number of carbonyl (C=O) groups excluding carboxylic acids is 2. The highest BCUT2D eigenvalue weighted by Gasteiger charge is 2.37. The molecule has 1 unspecified atom stereocenters. The molecular formula is C28H28N4O4. The lowest BCUT2D eigenvalue weighted by Gasteiger charge is -2.24. The number of pyridine rings is 2. The van der Waals surface area contributed by atoms with Gasteiger partial charge in [-0.1, -0.05) is 0 Å². The number of rotatable bonds is 6. The smallest absolute Gasteiger partial charge is 0.259 e. The second-order valence-corrected chi connectivity index (χ2v) is 9.67. The summed E-state index contributed by atoms with van der Waals surface area (Å²) in [7, 11) is 1.63. The number of amides is 2. The molecule has 1 aromatic carbocycles. The van der Waals surface area contributed by atoms with Crippen LogP contribution < -0.4 is 14.4 Å². The van der Waals surface area contributed by atoms with E-state index >= 15 is 0 Å². The van der Waals surface area contributed by atoms with Crippen LogP contribution in [0.15, 0.2) is 48.9 Å². The monoisotopic (exact) mass is 484 g/mol. The van der Waals surface area contributed by atoms with E-state index in [1.54, 1.807) is 41.6 Å². The molecule has 2 amide bonds. The van der Waals surface area contributed by atoms with Crippen molar-refractivity contribution in [2.45, 2.75) is 57.8 Å². The molecule has 36 heavy (non-hydrogen) atoms. The summed E-state index contributed by atoms with van der Waals surface area (Å²) < 4.78 is 11.8. The van der Waals surface area contributed by atoms with Gasteiger partial charge in [-0.05, 0) is 56.9 Å². The van der Waals surface area contributed by atoms with Crippen molar-refractivity contribution in [3.05, 3.63) is 76.9 Å². The molecule has 2 aliphatic heterocycles. The van der Waals surface area contributed by atoms with E-state index in [2.05, 4.69) is 9.97 Å². The van der Waals surface area contributed by atoms with Gasteiger partial charge in [0.1, 0.15) is 0 Å². The van der Waals surface area contributed by atoms with Gasteiger partial charge in [-0.25, -0.2) is 0 Å². The van der Waals surface area contributed by atoms with E-state index in [1.165, 1.54) is 12.8 Å². The summed E-state index contributed by atoms with van der Waals surface area (Å²) in [6.45, 7) is 2.83. The van der Waals surface area contributed by atoms with Crippen molar-refractivity contribution in [3.63, 3.8) is 0 Å². The number of aromatic nitrogens is 2. The number of nitrogens with zero attached hydrogens (tertiary/aromatic N) is 4. The summed E-state index contributed by atoms with van der Waals surface area (Å²) in [4.78, 5) is 38.6. The summed E-state index contributed by atoms with van der Waals surface area (Å²) in [6.07, 6.45) is 9.72. The van der Waals surface area contributed by atoms with E-state index < -0.39 is 0 Å². The summed E-state index contributed by atoms with van der Waals surface area (Å²) in [5.41, 5.74) is 4.53. The zero-order valence-corrected chi connectivity index (χ0v) is 20.4. The molecule has 1 atom stereocenters. The number of benzene rings is 1. The van der Waals surface area contributed by atoms with Gasteiger partial charge in [-0.3, -0.25) is 19.6 Å². The Morgan fingerprint density at radius 2 is 1.83 bits per heavy atom. The molecule has 0 spiro atoms. The molecule has 4 heterocycles. The standard InChI is InChI=1S/C28H28N4O4/c1-17-24-14-30-19(16-31-15-18-13-29-10-9-22(18)27(31)33)11-23(24)28(34)32(17)20-7-8-25(35-2)26(12-20)36-21-5-3-4-6-21/h7-14,17,21H,3-6,15-16H2,1-2H3. The third-order valence-electron chi connectivity index (χ3n) is 7.43. The Morgan fingerprint density at radius 1 is 1.00 bits per heavy atom. The van der Waals surface area contributed by atoms with Crippen LogP contribution in [0.1, 0.15) is 76.2 Å². The SMILES string of the molecule is COc1ccc(N2C(=O)c3cc(CN4Cc5cnccc5C4=O)ncc3C2C)cc1OC1CCCC1. The largest absolute Gasteiger partial charge is 0.493 e. The zero-order chi connectivity index (χ0) is 24.8.